The maximum atomic E-state index is 11.2. The highest BCUT2D eigenvalue weighted by molar-refractivity contribution is 5.70. The number of nitrogens with one attached hydrogen (secondary N) is 1. The summed E-state index contributed by atoms with van der Waals surface area (Å²) in [6.07, 6.45) is 0.755. The van der Waals surface area contributed by atoms with E-state index in [1.165, 1.54) is 0 Å². The van der Waals surface area contributed by atoms with Crippen molar-refractivity contribution in [2.75, 3.05) is 19.6 Å². The summed E-state index contributed by atoms with van der Waals surface area (Å²) in [7, 11) is 0. The minimum Gasteiger partial charge on any atom is -0.481 e. The fraction of sp³-hybridized carbons (Fsp3) is 0.923. The summed E-state index contributed by atoms with van der Waals surface area (Å²) >= 11 is 0. The summed E-state index contributed by atoms with van der Waals surface area (Å²) in [4.78, 5) is 13.4. The van der Waals surface area contributed by atoms with Gasteiger partial charge in [-0.25, -0.2) is 0 Å². The molecule has 17 heavy (non-hydrogen) atoms. The molecule has 0 bridgehead atoms. The standard InChI is InChI=1S/C13H26N2O2/c1-9(2)6-14-12-5-11(13(16)17)7-15(8-12)10(3)4/h9-12,14H,5-8H2,1-4H3,(H,16,17). The van der Waals surface area contributed by atoms with Gasteiger partial charge in [0.2, 0.25) is 0 Å². The first-order chi connectivity index (χ1) is 7.90. The molecule has 2 atom stereocenters. The van der Waals surface area contributed by atoms with Gasteiger partial charge >= 0.3 is 5.97 Å². The average Bonchev–Trinajstić information content (AvgIpc) is 2.25. The molecule has 100 valence electrons. The van der Waals surface area contributed by atoms with Crippen LogP contribution in [0.4, 0.5) is 0 Å². The van der Waals surface area contributed by atoms with Crippen LogP contribution in [0.5, 0.6) is 0 Å². The minimum absolute atomic E-state index is 0.226. The lowest BCUT2D eigenvalue weighted by Gasteiger charge is -2.39. The molecule has 0 saturated carbocycles. The van der Waals surface area contributed by atoms with E-state index in [9.17, 15) is 9.90 Å². The van der Waals surface area contributed by atoms with E-state index in [4.69, 9.17) is 0 Å². The summed E-state index contributed by atoms with van der Waals surface area (Å²) in [5, 5.41) is 12.7. The Kier molecular flexibility index (Phi) is 5.40. The molecule has 0 aromatic heterocycles. The largest absolute Gasteiger partial charge is 0.481 e. The Morgan fingerprint density at radius 2 is 2.00 bits per heavy atom. The molecule has 0 radical (unpaired) electrons. The Balaban J connectivity index is 2.55. The Bertz CT molecular complexity index is 254. The number of carbonyl (C=O) groups is 1. The molecule has 2 N–H and O–H groups in total. The van der Waals surface area contributed by atoms with Crippen LogP contribution in [-0.4, -0.2) is 47.7 Å². The van der Waals surface area contributed by atoms with Crippen molar-refractivity contribution in [3.63, 3.8) is 0 Å². The monoisotopic (exact) mass is 242 g/mol. The summed E-state index contributed by atoms with van der Waals surface area (Å²) < 4.78 is 0. The molecule has 0 aromatic rings. The number of carboxylic acids is 1. The van der Waals surface area contributed by atoms with Crippen LogP contribution in [-0.2, 0) is 4.79 Å². The third-order valence-corrected chi connectivity index (χ3v) is 3.37. The number of hydrogen-bond donors (Lipinski definition) is 2. The molecule has 1 aliphatic heterocycles. The van der Waals surface area contributed by atoms with Crippen LogP contribution < -0.4 is 5.32 Å². The normalized spacial score (nSPS) is 26.7. The number of piperidine rings is 1. The topological polar surface area (TPSA) is 52.6 Å². The molecular weight excluding hydrogens is 216 g/mol. The van der Waals surface area contributed by atoms with Crippen LogP contribution in [0.15, 0.2) is 0 Å². The van der Waals surface area contributed by atoms with Gasteiger partial charge in [-0.05, 0) is 32.7 Å². The van der Waals surface area contributed by atoms with Crippen molar-refractivity contribution in [3.8, 4) is 0 Å². The molecule has 4 nitrogen and oxygen atoms in total. The molecule has 1 saturated heterocycles. The van der Waals surface area contributed by atoms with E-state index in [2.05, 4.69) is 37.9 Å². The van der Waals surface area contributed by atoms with E-state index in [1.807, 2.05) is 0 Å². The Morgan fingerprint density at radius 3 is 2.47 bits per heavy atom. The molecule has 4 heteroatoms. The lowest BCUT2D eigenvalue weighted by atomic mass is 9.93. The second-order valence-electron chi connectivity index (χ2n) is 5.82. The minimum atomic E-state index is -0.660. The van der Waals surface area contributed by atoms with Crippen LogP contribution in [0.1, 0.15) is 34.1 Å². The van der Waals surface area contributed by atoms with Crippen LogP contribution in [0.2, 0.25) is 0 Å². The highest BCUT2D eigenvalue weighted by Gasteiger charge is 2.32. The predicted octanol–water partition coefficient (Wildman–Crippen LogP) is 1.42. The van der Waals surface area contributed by atoms with Crippen molar-refractivity contribution < 1.29 is 9.90 Å². The zero-order valence-electron chi connectivity index (χ0n) is 11.4. The molecule has 2 unspecified atom stereocenters. The SMILES string of the molecule is CC(C)CNC1CC(C(=O)O)CN(C(C)C)C1. The van der Waals surface area contributed by atoms with Crippen LogP contribution in [0, 0.1) is 11.8 Å². The maximum Gasteiger partial charge on any atom is 0.307 e. The van der Waals surface area contributed by atoms with Crippen molar-refractivity contribution in [2.45, 2.75) is 46.2 Å². The first-order valence-electron chi connectivity index (χ1n) is 6.60. The summed E-state index contributed by atoms with van der Waals surface area (Å²) in [6, 6.07) is 0.732. The van der Waals surface area contributed by atoms with Gasteiger partial charge in [0, 0.05) is 25.2 Å². The van der Waals surface area contributed by atoms with Gasteiger partial charge < -0.3 is 10.4 Å². The summed E-state index contributed by atoms with van der Waals surface area (Å²) in [5.41, 5.74) is 0. The molecule has 1 heterocycles. The van der Waals surface area contributed by atoms with Gasteiger partial charge in [0.15, 0.2) is 0 Å². The van der Waals surface area contributed by atoms with E-state index in [-0.39, 0.29) is 5.92 Å². The van der Waals surface area contributed by atoms with Gasteiger partial charge in [-0.3, -0.25) is 9.69 Å². The first kappa shape index (κ1) is 14.5. The molecule has 1 fully saturated rings. The number of nitrogens with zero attached hydrogens (tertiary/aromatic N) is 1. The highest BCUT2D eigenvalue weighted by Crippen LogP contribution is 2.19. The van der Waals surface area contributed by atoms with E-state index >= 15 is 0 Å². The second-order valence-corrected chi connectivity index (χ2v) is 5.82. The average molecular weight is 242 g/mol. The Hall–Kier alpha value is -0.610. The molecule has 0 aliphatic carbocycles. The zero-order chi connectivity index (χ0) is 13.0. The maximum absolute atomic E-state index is 11.2. The van der Waals surface area contributed by atoms with E-state index in [0.717, 1.165) is 19.5 Å². The van der Waals surface area contributed by atoms with E-state index < -0.39 is 5.97 Å². The van der Waals surface area contributed by atoms with Gasteiger partial charge in [0.25, 0.3) is 0 Å². The van der Waals surface area contributed by atoms with Crippen LogP contribution >= 0.6 is 0 Å². The molecular formula is C13H26N2O2. The summed E-state index contributed by atoms with van der Waals surface area (Å²) in [5.74, 6) is -0.282. The predicted molar refractivity (Wildman–Crippen MR) is 69.1 cm³/mol. The third kappa shape index (κ3) is 4.64. The fourth-order valence-corrected chi connectivity index (χ4v) is 2.28. The molecule has 1 aliphatic rings. The molecule has 1 rings (SSSR count). The molecule has 0 aromatic carbocycles. The zero-order valence-corrected chi connectivity index (χ0v) is 11.4. The molecule has 0 amide bonds. The van der Waals surface area contributed by atoms with Crippen molar-refractivity contribution in [1.82, 2.24) is 10.2 Å². The fourth-order valence-electron chi connectivity index (χ4n) is 2.28. The van der Waals surface area contributed by atoms with Gasteiger partial charge in [0.05, 0.1) is 5.92 Å². The van der Waals surface area contributed by atoms with Crippen molar-refractivity contribution in [2.24, 2.45) is 11.8 Å². The van der Waals surface area contributed by atoms with Gasteiger partial charge in [-0.1, -0.05) is 13.8 Å². The number of aliphatic carboxylic acids is 1. The lowest BCUT2D eigenvalue weighted by Crippen LogP contribution is -2.53. The molecule has 0 spiro atoms. The Labute approximate surface area is 104 Å². The highest BCUT2D eigenvalue weighted by atomic mass is 16.4. The van der Waals surface area contributed by atoms with Crippen molar-refractivity contribution >= 4 is 5.97 Å². The number of likely N-dealkylation sites (tertiary alicyclic amines) is 1. The van der Waals surface area contributed by atoms with Crippen molar-refractivity contribution in [3.05, 3.63) is 0 Å². The van der Waals surface area contributed by atoms with Crippen molar-refractivity contribution in [1.29, 1.82) is 0 Å². The quantitative estimate of drug-likeness (QED) is 0.765. The van der Waals surface area contributed by atoms with Gasteiger partial charge in [-0.2, -0.15) is 0 Å². The summed E-state index contributed by atoms with van der Waals surface area (Å²) in [6.45, 7) is 11.2. The lowest BCUT2D eigenvalue weighted by molar-refractivity contribution is -0.144. The van der Waals surface area contributed by atoms with Crippen LogP contribution in [0.25, 0.3) is 0 Å². The number of rotatable bonds is 5. The first-order valence-corrected chi connectivity index (χ1v) is 6.60. The Morgan fingerprint density at radius 1 is 1.35 bits per heavy atom. The number of hydrogen-bond acceptors (Lipinski definition) is 3. The third-order valence-electron chi connectivity index (χ3n) is 3.37. The van der Waals surface area contributed by atoms with E-state index in [0.29, 0.717) is 24.5 Å². The second kappa shape index (κ2) is 6.36. The number of carboxylic acid groups (broad SMARTS) is 1. The van der Waals surface area contributed by atoms with E-state index in [1.54, 1.807) is 0 Å². The van der Waals surface area contributed by atoms with Gasteiger partial charge in [0.1, 0.15) is 0 Å². The van der Waals surface area contributed by atoms with Gasteiger partial charge in [-0.15, -0.1) is 0 Å². The van der Waals surface area contributed by atoms with Crippen LogP contribution in [0.3, 0.4) is 0 Å². The smallest absolute Gasteiger partial charge is 0.307 e.